The van der Waals surface area contributed by atoms with Crippen molar-refractivity contribution in [3.8, 4) is 56.5 Å². The largest absolute Gasteiger partial charge is 0.255 e. The molecule has 9 aromatic rings. The van der Waals surface area contributed by atoms with Gasteiger partial charge in [0.2, 0.25) is 0 Å². The van der Waals surface area contributed by atoms with Gasteiger partial charge in [-0.1, -0.05) is 121 Å². The Balaban J connectivity index is 1.31. The predicted molar refractivity (Wildman–Crippen MR) is 195 cm³/mol. The average Bonchev–Trinajstić information content (AvgIpc) is 3.18. The predicted octanol–water partition coefficient (Wildman–Crippen LogP) is 10.5. The zero-order chi connectivity index (χ0) is 31.9. The molecule has 5 heteroatoms. The van der Waals surface area contributed by atoms with Crippen molar-refractivity contribution in [1.82, 2.24) is 24.9 Å². The summed E-state index contributed by atoms with van der Waals surface area (Å²) in [7, 11) is 0. The van der Waals surface area contributed by atoms with Crippen LogP contribution in [0.2, 0.25) is 0 Å². The van der Waals surface area contributed by atoms with Gasteiger partial charge in [-0.05, 0) is 58.3 Å². The van der Waals surface area contributed by atoms with Gasteiger partial charge in [0.1, 0.15) is 5.69 Å². The number of pyridine rings is 3. The first-order valence-electron chi connectivity index (χ1n) is 15.9. The van der Waals surface area contributed by atoms with E-state index in [9.17, 15) is 0 Å². The van der Waals surface area contributed by atoms with E-state index >= 15 is 0 Å². The van der Waals surface area contributed by atoms with Gasteiger partial charge in [-0.15, -0.1) is 0 Å². The fourth-order valence-corrected chi connectivity index (χ4v) is 6.32. The Morgan fingerprint density at radius 3 is 1.83 bits per heavy atom. The topological polar surface area (TPSA) is 64.5 Å². The Bertz CT molecular complexity index is 2550. The van der Waals surface area contributed by atoms with Gasteiger partial charge < -0.3 is 0 Å². The van der Waals surface area contributed by atoms with Crippen molar-refractivity contribution < 1.29 is 0 Å². The van der Waals surface area contributed by atoms with Crippen molar-refractivity contribution >= 4 is 32.6 Å². The highest BCUT2D eigenvalue weighted by molar-refractivity contribution is 6.09. The van der Waals surface area contributed by atoms with Crippen molar-refractivity contribution in [2.45, 2.75) is 0 Å². The highest BCUT2D eigenvalue weighted by Crippen LogP contribution is 2.36. The SMILES string of the molecule is c1ccc(-c2cc(-c3ccccn3)nc(-c3cc(-c4ccccc4)c4ccc5ccc(-c6ccc7ccccc7c6)nc5c4n3)n2)cc1. The minimum atomic E-state index is 0.527. The summed E-state index contributed by atoms with van der Waals surface area (Å²) in [6, 6.07) is 53.9. The molecule has 0 saturated carbocycles. The van der Waals surface area contributed by atoms with Gasteiger partial charge in [-0.3, -0.25) is 4.98 Å². The molecule has 0 unspecified atom stereocenters. The van der Waals surface area contributed by atoms with Crippen LogP contribution >= 0.6 is 0 Å². The van der Waals surface area contributed by atoms with Crippen LogP contribution in [0.4, 0.5) is 0 Å². The summed E-state index contributed by atoms with van der Waals surface area (Å²) < 4.78 is 0. The lowest BCUT2D eigenvalue weighted by atomic mass is 9.98. The van der Waals surface area contributed by atoms with Gasteiger partial charge in [0, 0.05) is 28.1 Å². The van der Waals surface area contributed by atoms with Crippen LogP contribution < -0.4 is 0 Å². The van der Waals surface area contributed by atoms with Crippen LogP contribution in [0.15, 0.2) is 164 Å². The molecule has 4 aromatic heterocycles. The van der Waals surface area contributed by atoms with E-state index in [0.29, 0.717) is 11.5 Å². The van der Waals surface area contributed by atoms with E-state index in [2.05, 4.69) is 114 Å². The third-order valence-corrected chi connectivity index (χ3v) is 8.72. The van der Waals surface area contributed by atoms with E-state index in [1.807, 2.05) is 48.5 Å². The molecular weight excluding hydrogens is 587 g/mol. The number of hydrogen-bond acceptors (Lipinski definition) is 5. The third kappa shape index (κ3) is 5.04. The normalized spacial score (nSPS) is 11.3. The lowest BCUT2D eigenvalue weighted by Crippen LogP contribution is -2.00. The number of aromatic nitrogens is 5. The summed E-state index contributed by atoms with van der Waals surface area (Å²) in [4.78, 5) is 25.3. The fourth-order valence-electron chi connectivity index (χ4n) is 6.32. The summed E-state index contributed by atoms with van der Waals surface area (Å²) in [5.41, 5.74) is 9.70. The third-order valence-electron chi connectivity index (χ3n) is 8.72. The minimum absolute atomic E-state index is 0.527. The second-order valence-electron chi connectivity index (χ2n) is 11.8. The highest BCUT2D eigenvalue weighted by Gasteiger charge is 2.17. The lowest BCUT2D eigenvalue weighted by molar-refractivity contribution is 1.14. The van der Waals surface area contributed by atoms with Crippen LogP contribution in [-0.2, 0) is 0 Å². The Hall–Kier alpha value is -6.59. The van der Waals surface area contributed by atoms with E-state index in [-0.39, 0.29) is 0 Å². The van der Waals surface area contributed by atoms with Crippen molar-refractivity contribution in [1.29, 1.82) is 0 Å². The molecule has 5 aromatic carbocycles. The molecule has 0 fully saturated rings. The molecule has 0 amide bonds. The second-order valence-corrected chi connectivity index (χ2v) is 11.8. The van der Waals surface area contributed by atoms with Gasteiger partial charge in [0.05, 0.1) is 33.8 Å². The van der Waals surface area contributed by atoms with Crippen LogP contribution in [0.5, 0.6) is 0 Å². The van der Waals surface area contributed by atoms with Crippen LogP contribution in [0, 0.1) is 0 Å². The summed E-state index contributed by atoms with van der Waals surface area (Å²) in [6.07, 6.45) is 1.78. The van der Waals surface area contributed by atoms with Gasteiger partial charge in [-0.25, -0.2) is 19.9 Å². The quantitative estimate of drug-likeness (QED) is 0.181. The summed E-state index contributed by atoms with van der Waals surface area (Å²) in [6.45, 7) is 0. The van der Waals surface area contributed by atoms with Crippen molar-refractivity contribution in [2.24, 2.45) is 0 Å². The number of benzene rings is 5. The van der Waals surface area contributed by atoms with Crippen LogP contribution in [0.25, 0.3) is 89.1 Å². The van der Waals surface area contributed by atoms with E-state index in [0.717, 1.165) is 66.8 Å². The van der Waals surface area contributed by atoms with E-state index in [1.54, 1.807) is 6.20 Å². The molecule has 48 heavy (non-hydrogen) atoms. The summed E-state index contributed by atoms with van der Waals surface area (Å²) in [5.74, 6) is 0.527. The lowest BCUT2D eigenvalue weighted by Gasteiger charge is -2.13. The molecule has 0 saturated heterocycles. The molecule has 0 spiro atoms. The van der Waals surface area contributed by atoms with Crippen LogP contribution in [0.3, 0.4) is 0 Å². The van der Waals surface area contributed by atoms with Gasteiger partial charge in [0.15, 0.2) is 5.82 Å². The molecule has 0 aliphatic carbocycles. The van der Waals surface area contributed by atoms with Crippen LogP contribution in [-0.4, -0.2) is 24.9 Å². The first-order valence-corrected chi connectivity index (χ1v) is 15.9. The minimum Gasteiger partial charge on any atom is -0.255 e. The number of nitrogens with zero attached hydrogens (tertiary/aromatic N) is 5. The molecule has 0 aliphatic rings. The van der Waals surface area contributed by atoms with E-state index < -0.39 is 0 Å². The molecule has 224 valence electrons. The van der Waals surface area contributed by atoms with E-state index in [4.69, 9.17) is 19.9 Å². The maximum Gasteiger partial charge on any atom is 0.179 e. The number of fused-ring (bicyclic) bond motifs is 4. The molecule has 0 N–H and O–H groups in total. The standard InChI is InChI=1S/C43H27N5/c1-3-12-29(13-4-1)35-26-40(43-47-38(30-14-5-2-6-15-30)27-39(48-43)37-17-9-10-24-44-37)46-42-34(35)22-20-31-21-23-36(45-41(31)42)33-19-18-28-11-7-8-16-32(28)25-33/h1-27H. The zero-order valence-electron chi connectivity index (χ0n) is 25.8. The van der Waals surface area contributed by atoms with E-state index in [1.165, 1.54) is 10.8 Å². The Morgan fingerprint density at radius 2 is 1.02 bits per heavy atom. The Labute approximate surface area is 277 Å². The maximum atomic E-state index is 5.31. The maximum absolute atomic E-state index is 5.31. The zero-order valence-corrected chi connectivity index (χ0v) is 25.8. The monoisotopic (exact) mass is 613 g/mol. The first-order chi connectivity index (χ1) is 23.8. The molecular formula is C43H27N5. The van der Waals surface area contributed by atoms with Crippen molar-refractivity contribution in [3.63, 3.8) is 0 Å². The number of rotatable bonds is 5. The molecule has 0 aliphatic heterocycles. The molecule has 4 heterocycles. The first kappa shape index (κ1) is 27.7. The van der Waals surface area contributed by atoms with Crippen LogP contribution in [0.1, 0.15) is 0 Å². The van der Waals surface area contributed by atoms with Crippen molar-refractivity contribution in [3.05, 3.63) is 164 Å². The second kappa shape index (κ2) is 11.6. The Morgan fingerprint density at radius 1 is 0.333 bits per heavy atom. The Kier molecular flexibility index (Phi) is 6.72. The van der Waals surface area contributed by atoms with Gasteiger partial charge in [-0.2, -0.15) is 0 Å². The molecule has 0 atom stereocenters. The number of hydrogen-bond donors (Lipinski definition) is 0. The average molecular weight is 614 g/mol. The molecule has 0 bridgehead atoms. The molecule has 0 radical (unpaired) electrons. The van der Waals surface area contributed by atoms with Crippen molar-refractivity contribution in [2.75, 3.05) is 0 Å². The fraction of sp³-hybridized carbons (Fsp3) is 0. The summed E-state index contributed by atoms with van der Waals surface area (Å²) in [5, 5.41) is 4.42. The van der Waals surface area contributed by atoms with Gasteiger partial charge >= 0.3 is 0 Å². The smallest absolute Gasteiger partial charge is 0.179 e. The van der Waals surface area contributed by atoms with Gasteiger partial charge in [0.25, 0.3) is 0 Å². The molecule has 5 nitrogen and oxygen atoms in total. The molecule has 9 rings (SSSR count). The highest BCUT2D eigenvalue weighted by atomic mass is 14.9. The summed E-state index contributed by atoms with van der Waals surface area (Å²) >= 11 is 0.